The van der Waals surface area contributed by atoms with Gasteiger partial charge in [-0.3, -0.25) is 19.7 Å². The van der Waals surface area contributed by atoms with Crippen LogP contribution < -0.4 is 20.1 Å². The standard InChI is InChI=1S/C33H25Cl2N5O5/c34-23-9-8-22(29(35)18-23)20-38-30-15-12-25(39(33(36)41)31-7-3-5-21-4-1-2-6-27(21)31)19-28(30)32(37-38)45-17-16-44-26-13-10-24(11-14-26)40(42)43/h1-15,18-19H,16-17,20H2,(H2,36,41). The Kier molecular flexibility index (Phi) is 8.41. The lowest BCUT2D eigenvalue weighted by molar-refractivity contribution is -0.384. The van der Waals surface area contributed by atoms with Gasteiger partial charge < -0.3 is 15.2 Å². The molecule has 0 spiro atoms. The zero-order valence-corrected chi connectivity index (χ0v) is 25.1. The zero-order chi connectivity index (χ0) is 31.5. The van der Waals surface area contributed by atoms with Crippen LogP contribution in [0.1, 0.15) is 5.56 Å². The number of rotatable bonds is 10. The summed E-state index contributed by atoms with van der Waals surface area (Å²) in [5.41, 5.74) is 8.62. The van der Waals surface area contributed by atoms with Crippen molar-refractivity contribution in [1.82, 2.24) is 9.78 Å². The summed E-state index contributed by atoms with van der Waals surface area (Å²) >= 11 is 12.6. The summed E-state index contributed by atoms with van der Waals surface area (Å²) in [6.07, 6.45) is 0. The van der Waals surface area contributed by atoms with E-state index in [9.17, 15) is 14.9 Å². The minimum absolute atomic E-state index is 0.0271. The van der Waals surface area contributed by atoms with Gasteiger partial charge in [0.05, 0.1) is 33.7 Å². The molecule has 45 heavy (non-hydrogen) atoms. The van der Waals surface area contributed by atoms with Gasteiger partial charge in [-0.2, -0.15) is 0 Å². The van der Waals surface area contributed by atoms with E-state index in [4.69, 9.17) is 43.5 Å². The number of benzene rings is 5. The predicted octanol–water partition coefficient (Wildman–Crippen LogP) is 8.13. The second-order valence-electron chi connectivity index (χ2n) is 10.0. The first-order valence-corrected chi connectivity index (χ1v) is 14.6. The summed E-state index contributed by atoms with van der Waals surface area (Å²) < 4.78 is 13.6. The van der Waals surface area contributed by atoms with E-state index in [0.29, 0.717) is 45.0 Å². The van der Waals surface area contributed by atoms with Crippen LogP contribution in [0.3, 0.4) is 0 Å². The van der Waals surface area contributed by atoms with Gasteiger partial charge in [0, 0.05) is 27.6 Å². The molecule has 0 aliphatic heterocycles. The molecular formula is C33H25Cl2N5O5. The Morgan fingerprint density at radius 2 is 1.64 bits per heavy atom. The van der Waals surface area contributed by atoms with Crippen LogP contribution in [0.15, 0.2) is 103 Å². The van der Waals surface area contributed by atoms with Gasteiger partial charge in [-0.25, -0.2) is 4.79 Å². The number of nitro benzene ring substituents is 1. The lowest BCUT2D eigenvalue weighted by atomic mass is 10.1. The van der Waals surface area contributed by atoms with E-state index in [1.54, 1.807) is 28.9 Å². The van der Waals surface area contributed by atoms with Crippen LogP contribution in [0.5, 0.6) is 11.6 Å². The summed E-state index contributed by atoms with van der Waals surface area (Å²) in [4.78, 5) is 24.8. The van der Waals surface area contributed by atoms with Crippen LogP contribution in [-0.4, -0.2) is 33.9 Å². The number of primary amides is 1. The highest BCUT2D eigenvalue weighted by Crippen LogP contribution is 2.36. The van der Waals surface area contributed by atoms with E-state index >= 15 is 0 Å². The first-order valence-electron chi connectivity index (χ1n) is 13.8. The Balaban J connectivity index is 1.34. The van der Waals surface area contributed by atoms with Crippen LogP contribution in [0.2, 0.25) is 10.0 Å². The lowest BCUT2D eigenvalue weighted by Crippen LogP contribution is -2.31. The van der Waals surface area contributed by atoms with Gasteiger partial charge in [-0.05, 0) is 59.5 Å². The largest absolute Gasteiger partial charge is 0.490 e. The van der Waals surface area contributed by atoms with E-state index in [-0.39, 0.29) is 18.9 Å². The number of nitrogens with zero attached hydrogens (tertiary/aromatic N) is 4. The quantitative estimate of drug-likeness (QED) is 0.0914. The van der Waals surface area contributed by atoms with Gasteiger partial charge in [-0.15, -0.1) is 5.10 Å². The number of halogens is 2. The molecule has 6 rings (SSSR count). The van der Waals surface area contributed by atoms with Crippen LogP contribution in [0.4, 0.5) is 21.9 Å². The Labute approximate surface area is 267 Å². The summed E-state index contributed by atoms with van der Waals surface area (Å²) in [6.45, 7) is 0.605. The number of anilines is 2. The van der Waals surface area contributed by atoms with Gasteiger partial charge in [0.2, 0.25) is 5.88 Å². The van der Waals surface area contributed by atoms with Crippen molar-refractivity contribution >= 4 is 68.0 Å². The smallest absolute Gasteiger partial charge is 0.323 e. The summed E-state index contributed by atoms with van der Waals surface area (Å²) in [5, 5.41) is 19.1. The Hall–Kier alpha value is -5.32. The summed E-state index contributed by atoms with van der Waals surface area (Å²) in [5.74, 6) is 0.776. The van der Waals surface area contributed by atoms with Gasteiger partial charge in [-0.1, -0.05) is 65.7 Å². The van der Waals surface area contributed by atoms with Gasteiger partial charge in [0.1, 0.15) is 19.0 Å². The van der Waals surface area contributed by atoms with Gasteiger partial charge in [0.15, 0.2) is 0 Å². The number of nitro groups is 1. The van der Waals surface area contributed by atoms with E-state index in [1.807, 2.05) is 54.6 Å². The van der Waals surface area contributed by atoms with Crippen molar-refractivity contribution in [3.8, 4) is 11.6 Å². The number of hydrogen-bond donors (Lipinski definition) is 1. The average molecular weight is 642 g/mol. The maximum atomic E-state index is 12.9. The highest BCUT2D eigenvalue weighted by molar-refractivity contribution is 6.35. The van der Waals surface area contributed by atoms with Crippen molar-refractivity contribution in [3.05, 3.63) is 129 Å². The van der Waals surface area contributed by atoms with Crippen molar-refractivity contribution in [2.75, 3.05) is 18.1 Å². The zero-order valence-electron chi connectivity index (χ0n) is 23.6. The Morgan fingerprint density at radius 1 is 0.889 bits per heavy atom. The Bertz CT molecular complexity index is 2040. The van der Waals surface area contributed by atoms with Crippen molar-refractivity contribution in [3.63, 3.8) is 0 Å². The third-order valence-corrected chi connectivity index (χ3v) is 7.75. The van der Waals surface area contributed by atoms with E-state index in [0.717, 1.165) is 21.9 Å². The van der Waals surface area contributed by atoms with Crippen LogP contribution in [0.25, 0.3) is 21.7 Å². The SMILES string of the molecule is NC(=O)N(c1ccc2c(c1)c(OCCOc1ccc([N+](=O)[O-])cc1)nn2Cc1ccc(Cl)cc1Cl)c1cccc2ccccc12. The van der Waals surface area contributed by atoms with Crippen molar-refractivity contribution in [1.29, 1.82) is 0 Å². The fourth-order valence-corrected chi connectivity index (χ4v) is 5.53. The average Bonchev–Trinajstić information content (AvgIpc) is 3.37. The normalized spacial score (nSPS) is 11.1. The molecule has 2 N–H and O–H groups in total. The van der Waals surface area contributed by atoms with Crippen molar-refractivity contribution in [2.24, 2.45) is 5.73 Å². The number of non-ortho nitro benzene ring substituents is 1. The number of nitrogens with two attached hydrogens (primary N) is 1. The summed E-state index contributed by atoms with van der Waals surface area (Å²) in [6, 6.07) is 29.3. The molecule has 12 heteroatoms. The molecular weight excluding hydrogens is 617 g/mol. The fourth-order valence-electron chi connectivity index (χ4n) is 5.07. The third kappa shape index (κ3) is 6.33. The van der Waals surface area contributed by atoms with Gasteiger partial charge in [0.25, 0.3) is 5.69 Å². The van der Waals surface area contributed by atoms with Crippen molar-refractivity contribution in [2.45, 2.75) is 6.54 Å². The number of fused-ring (bicyclic) bond motifs is 2. The van der Waals surface area contributed by atoms with Crippen molar-refractivity contribution < 1.29 is 19.2 Å². The number of carbonyl (C=O) groups is 1. The predicted molar refractivity (Wildman–Crippen MR) is 175 cm³/mol. The molecule has 5 aromatic carbocycles. The molecule has 2 amide bonds. The molecule has 6 aromatic rings. The number of hydrogen-bond acceptors (Lipinski definition) is 6. The molecule has 0 atom stereocenters. The molecule has 0 saturated heterocycles. The second-order valence-corrected chi connectivity index (χ2v) is 10.9. The van der Waals surface area contributed by atoms with E-state index in [2.05, 4.69) is 0 Å². The first kappa shape index (κ1) is 29.7. The molecule has 0 saturated carbocycles. The monoisotopic (exact) mass is 641 g/mol. The van der Waals surface area contributed by atoms with Crippen LogP contribution >= 0.6 is 23.2 Å². The lowest BCUT2D eigenvalue weighted by Gasteiger charge is -2.22. The van der Waals surface area contributed by atoms with Crippen LogP contribution in [0, 0.1) is 10.1 Å². The molecule has 10 nitrogen and oxygen atoms in total. The van der Waals surface area contributed by atoms with Crippen LogP contribution in [-0.2, 0) is 6.54 Å². The molecule has 226 valence electrons. The topological polar surface area (TPSA) is 126 Å². The molecule has 0 aliphatic rings. The van der Waals surface area contributed by atoms with E-state index in [1.165, 1.54) is 29.2 Å². The van der Waals surface area contributed by atoms with E-state index < -0.39 is 11.0 Å². The minimum atomic E-state index is -0.648. The number of ether oxygens (including phenoxy) is 2. The highest BCUT2D eigenvalue weighted by Gasteiger charge is 2.21. The number of urea groups is 1. The molecule has 0 fully saturated rings. The molecule has 0 bridgehead atoms. The second kappa shape index (κ2) is 12.7. The molecule has 0 aliphatic carbocycles. The molecule has 1 heterocycles. The van der Waals surface area contributed by atoms with Gasteiger partial charge >= 0.3 is 6.03 Å². The fraction of sp³-hybridized carbons (Fsp3) is 0.0909. The molecule has 0 unspecified atom stereocenters. The highest BCUT2D eigenvalue weighted by atomic mass is 35.5. The first-order chi connectivity index (χ1) is 21.8. The third-order valence-electron chi connectivity index (χ3n) is 7.16. The Morgan fingerprint density at radius 3 is 2.40 bits per heavy atom. The number of amides is 2. The maximum absolute atomic E-state index is 12.9. The molecule has 1 aromatic heterocycles. The number of aromatic nitrogens is 2. The maximum Gasteiger partial charge on any atom is 0.323 e. The minimum Gasteiger partial charge on any atom is -0.490 e. The number of carbonyl (C=O) groups excluding carboxylic acids is 1. The summed E-state index contributed by atoms with van der Waals surface area (Å²) in [7, 11) is 0. The molecule has 0 radical (unpaired) electrons.